The maximum Gasteiger partial charge on any atom is 0.407 e. The first-order chi connectivity index (χ1) is 15.2. The molecule has 3 aromatic rings. The summed E-state index contributed by atoms with van der Waals surface area (Å²) >= 11 is 0. The number of piperidine rings is 1. The second-order valence-corrected chi connectivity index (χ2v) is 9.07. The van der Waals surface area contributed by atoms with Crippen molar-refractivity contribution in [1.82, 2.24) is 10.6 Å². The summed E-state index contributed by atoms with van der Waals surface area (Å²) in [6.45, 7) is 3.03. The summed E-state index contributed by atoms with van der Waals surface area (Å²) in [7, 11) is 0. The van der Waals surface area contributed by atoms with Crippen LogP contribution in [0.5, 0.6) is 0 Å². The van der Waals surface area contributed by atoms with Crippen molar-refractivity contribution in [1.29, 1.82) is 0 Å². The molecule has 2 unspecified atom stereocenters. The Hall–Kier alpha value is -3.11. The molecule has 0 aromatic heterocycles. The number of ether oxygens (including phenoxy) is 1. The minimum Gasteiger partial charge on any atom is -0.449 e. The Balaban J connectivity index is 1.10. The summed E-state index contributed by atoms with van der Waals surface area (Å²) in [5.74, 6) is 0.861. The van der Waals surface area contributed by atoms with Gasteiger partial charge in [0.05, 0.1) is 0 Å². The van der Waals surface area contributed by atoms with E-state index >= 15 is 0 Å². The van der Waals surface area contributed by atoms with Gasteiger partial charge in [-0.15, -0.1) is 0 Å². The Morgan fingerprint density at radius 1 is 1.00 bits per heavy atom. The lowest BCUT2D eigenvalue weighted by Gasteiger charge is -2.16. The van der Waals surface area contributed by atoms with Gasteiger partial charge in [0.15, 0.2) is 0 Å². The number of hydrogen-bond acceptors (Lipinski definition) is 3. The Bertz CT molecular complexity index is 1110. The van der Waals surface area contributed by atoms with Crippen LogP contribution in [0.15, 0.2) is 72.8 Å². The van der Waals surface area contributed by atoms with E-state index in [4.69, 9.17) is 4.74 Å². The van der Waals surface area contributed by atoms with Crippen LogP contribution in [0.4, 0.5) is 4.79 Å². The molecule has 1 aliphatic heterocycles. The molecule has 1 saturated heterocycles. The molecule has 2 fully saturated rings. The number of hydrogen-bond donors (Lipinski definition) is 2. The first-order valence-electron chi connectivity index (χ1n) is 11.1. The van der Waals surface area contributed by atoms with Crippen LogP contribution in [0.25, 0.3) is 11.1 Å². The van der Waals surface area contributed by atoms with Crippen molar-refractivity contribution in [2.45, 2.75) is 24.3 Å². The number of amides is 1. The lowest BCUT2D eigenvalue weighted by Crippen LogP contribution is -2.26. The Morgan fingerprint density at radius 3 is 2.42 bits per heavy atom. The molecule has 31 heavy (non-hydrogen) atoms. The first kappa shape index (κ1) is 18.6. The zero-order valence-electron chi connectivity index (χ0n) is 17.4. The van der Waals surface area contributed by atoms with E-state index in [1.807, 2.05) is 0 Å². The van der Waals surface area contributed by atoms with E-state index in [1.165, 1.54) is 34.2 Å². The summed E-state index contributed by atoms with van der Waals surface area (Å²) in [4.78, 5) is 12.5. The second kappa shape index (κ2) is 7.24. The average Bonchev–Trinajstić information content (AvgIpc) is 3.22. The summed E-state index contributed by atoms with van der Waals surface area (Å²) in [6.07, 6.45) is 0.917. The van der Waals surface area contributed by atoms with E-state index in [0.717, 1.165) is 24.6 Å². The molecule has 1 saturated carbocycles. The normalized spacial score (nSPS) is 23.0. The van der Waals surface area contributed by atoms with E-state index in [1.54, 1.807) is 0 Å². The van der Waals surface area contributed by atoms with Crippen molar-refractivity contribution in [3.05, 3.63) is 95.1 Å². The maximum absolute atomic E-state index is 12.5. The predicted molar refractivity (Wildman–Crippen MR) is 121 cm³/mol. The van der Waals surface area contributed by atoms with Gasteiger partial charge in [-0.05, 0) is 52.3 Å². The van der Waals surface area contributed by atoms with Crippen LogP contribution >= 0.6 is 0 Å². The zero-order valence-corrected chi connectivity index (χ0v) is 17.4. The number of nitrogens with one attached hydrogen (secondary N) is 2. The topological polar surface area (TPSA) is 50.4 Å². The maximum atomic E-state index is 12.5. The third-order valence-electron chi connectivity index (χ3n) is 7.35. The van der Waals surface area contributed by atoms with Crippen molar-refractivity contribution < 1.29 is 9.53 Å². The second-order valence-electron chi connectivity index (χ2n) is 9.07. The third kappa shape index (κ3) is 3.14. The smallest absolute Gasteiger partial charge is 0.407 e. The van der Waals surface area contributed by atoms with Crippen LogP contribution in [0.3, 0.4) is 0 Å². The standard InChI is InChI=1S/C27H26N2O2/c30-26(29-14-18-6-5-7-19(12-18)27-13-20(27)15-28-17-27)31-16-25-23-10-3-1-8-21(23)22-9-2-4-11-24(22)25/h1-12,20,25,28H,13-17H2,(H,29,30). The summed E-state index contributed by atoms with van der Waals surface area (Å²) in [5, 5.41) is 6.44. The van der Waals surface area contributed by atoms with Crippen LogP contribution < -0.4 is 10.6 Å². The molecule has 0 bridgehead atoms. The quantitative estimate of drug-likeness (QED) is 0.647. The Kier molecular flexibility index (Phi) is 4.35. The molecule has 6 rings (SSSR count). The van der Waals surface area contributed by atoms with Gasteiger partial charge in [-0.2, -0.15) is 0 Å². The Morgan fingerprint density at radius 2 is 1.74 bits per heavy atom. The summed E-state index contributed by atoms with van der Waals surface area (Å²) in [5.41, 5.74) is 7.79. The van der Waals surface area contributed by atoms with Gasteiger partial charge in [-0.3, -0.25) is 0 Å². The van der Waals surface area contributed by atoms with Gasteiger partial charge < -0.3 is 15.4 Å². The predicted octanol–water partition coefficient (Wildman–Crippen LogP) is 4.59. The Labute approximate surface area is 182 Å². The number of benzene rings is 3. The summed E-state index contributed by atoms with van der Waals surface area (Å²) < 4.78 is 5.66. The SMILES string of the molecule is O=C(NCc1cccc(C23CNCC2C3)c1)OCC1c2ccccc2-c2ccccc21. The van der Waals surface area contributed by atoms with Gasteiger partial charge in [0, 0.05) is 24.4 Å². The molecule has 3 aliphatic rings. The highest BCUT2D eigenvalue weighted by atomic mass is 16.5. The average molecular weight is 411 g/mol. The fraction of sp³-hybridized carbons (Fsp3) is 0.296. The number of rotatable bonds is 5. The minimum atomic E-state index is -0.364. The highest BCUT2D eigenvalue weighted by Crippen LogP contribution is 2.56. The van der Waals surface area contributed by atoms with Crippen molar-refractivity contribution in [3.8, 4) is 11.1 Å². The molecule has 2 N–H and O–H groups in total. The van der Waals surface area contributed by atoms with Gasteiger partial charge in [0.2, 0.25) is 0 Å². The van der Waals surface area contributed by atoms with Crippen molar-refractivity contribution in [2.24, 2.45) is 5.92 Å². The van der Waals surface area contributed by atoms with E-state index in [2.05, 4.69) is 83.4 Å². The number of alkyl carbamates (subject to hydrolysis) is 1. The first-order valence-corrected chi connectivity index (χ1v) is 11.1. The highest BCUT2D eigenvalue weighted by Gasteiger charge is 2.57. The minimum absolute atomic E-state index is 0.0854. The lowest BCUT2D eigenvalue weighted by molar-refractivity contribution is 0.142. The van der Waals surface area contributed by atoms with Crippen molar-refractivity contribution in [2.75, 3.05) is 19.7 Å². The molecule has 3 aromatic carbocycles. The molecule has 156 valence electrons. The van der Waals surface area contributed by atoms with Crippen LogP contribution in [0.2, 0.25) is 0 Å². The molecule has 4 heteroatoms. The highest BCUT2D eigenvalue weighted by molar-refractivity contribution is 5.79. The molecular weight excluding hydrogens is 384 g/mol. The number of fused-ring (bicyclic) bond motifs is 4. The number of carbonyl (C=O) groups excluding carboxylic acids is 1. The molecule has 4 nitrogen and oxygen atoms in total. The molecule has 2 aliphatic carbocycles. The summed E-state index contributed by atoms with van der Waals surface area (Å²) in [6, 6.07) is 25.4. The van der Waals surface area contributed by atoms with E-state index < -0.39 is 0 Å². The monoisotopic (exact) mass is 410 g/mol. The van der Waals surface area contributed by atoms with E-state index in [0.29, 0.717) is 18.6 Å². The fourth-order valence-electron chi connectivity index (χ4n) is 5.60. The third-order valence-corrected chi connectivity index (χ3v) is 7.35. The van der Waals surface area contributed by atoms with Gasteiger partial charge >= 0.3 is 6.09 Å². The lowest BCUT2D eigenvalue weighted by atomic mass is 9.93. The fourth-order valence-corrected chi connectivity index (χ4v) is 5.60. The zero-order chi connectivity index (χ0) is 20.8. The van der Waals surface area contributed by atoms with E-state index in [9.17, 15) is 4.79 Å². The van der Waals surface area contributed by atoms with Gasteiger partial charge in [0.1, 0.15) is 6.61 Å². The molecule has 0 spiro atoms. The number of carbonyl (C=O) groups is 1. The van der Waals surface area contributed by atoms with Crippen LogP contribution in [0.1, 0.15) is 34.6 Å². The van der Waals surface area contributed by atoms with Crippen LogP contribution in [-0.4, -0.2) is 25.8 Å². The van der Waals surface area contributed by atoms with E-state index in [-0.39, 0.29) is 12.0 Å². The van der Waals surface area contributed by atoms with Crippen molar-refractivity contribution >= 4 is 6.09 Å². The van der Waals surface area contributed by atoms with Crippen LogP contribution in [0, 0.1) is 5.92 Å². The molecule has 0 radical (unpaired) electrons. The molecule has 1 heterocycles. The molecular formula is C27H26N2O2. The van der Waals surface area contributed by atoms with Gasteiger partial charge in [-0.1, -0.05) is 72.8 Å². The largest absolute Gasteiger partial charge is 0.449 e. The molecule has 1 amide bonds. The van der Waals surface area contributed by atoms with Crippen LogP contribution in [-0.2, 0) is 16.7 Å². The van der Waals surface area contributed by atoms with Crippen molar-refractivity contribution in [3.63, 3.8) is 0 Å². The molecule has 2 atom stereocenters. The van der Waals surface area contributed by atoms with Gasteiger partial charge in [-0.25, -0.2) is 4.79 Å². The van der Waals surface area contributed by atoms with Gasteiger partial charge in [0.25, 0.3) is 0 Å².